The molecule has 1 amide bonds. The van der Waals surface area contributed by atoms with Crippen LogP contribution >= 0.6 is 11.3 Å². The first kappa shape index (κ1) is 15.7. The number of hydrogen-bond donors (Lipinski definition) is 1. The molecule has 6 heteroatoms. The van der Waals surface area contributed by atoms with E-state index < -0.39 is 6.09 Å². The summed E-state index contributed by atoms with van der Waals surface area (Å²) in [7, 11) is 1.51. The lowest BCUT2D eigenvalue weighted by Crippen LogP contribution is -2.32. The molecule has 5 nitrogen and oxygen atoms in total. The van der Waals surface area contributed by atoms with E-state index in [9.17, 15) is 14.7 Å². The lowest BCUT2D eigenvalue weighted by Gasteiger charge is -2.26. The van der Waals surface area contributed by atoms with Gasteiger partial charge in [0.1, 0.15) is 0 Å². The number of amides is 1. The van der Waals surface area contributed by atoms with E-state index in [1.807, 2.05) is 41.8 Å². The van der Waals surface area contributed by atoms with E-state index in [0.717, 1.165) is 22.4 Å². The van der Waals surface area contributed by atoms with Crippen molar-refractivity contribution in [3.63, 3.8) is 0 Å². The molecule has 4 rings (SSSR count). The van der Waals surface area contributed by atoms with Gasteiger partial charge in [0.25, 0.3) is 5.56 Å². The van der Waals surface area contributed by atoms with Crippen LogP contribution in [-0.2, 0) is 13.0 Å². The number of rotatable bonds is 2. The van der Waals surface area contributed by atoms with Crippen LogP contribution in [0, 0.1) is 0 Å². The van der Waals surface area contributed by atoms with Gasteiger partial charge in [0.15, 0.2) is 0 Å². The van der Waals surface area contributed by atoms with Gasteiger partial charge >= 0.3 is 6.09 Å². The van der Waals surface area contributed by atoms with Gasteiger partial charge in [-0.05, 0) is 35.1 Å². The number of nitrogens with zero attached hydrogens (tertiary/aromatic N) is 2. The van der Waals surface area contributed by atoms with E-state index in [1.54, 1.807) is 22.0 Å². The topological polar surface area (TPSA) is 62.5 Å². The number of carbonyl (C=O) groups is 1. The maximum Gasteiger partial charge on any atom is 0.411 e. The van der Waals surface area contributed by atoms with Gasteiger partial charge in [0.2, 0.25) is 0 Å². The van der Waals surface area contributed by atoms with E-state index in [-0.39, 0.29) is 5.56 Å². The minimum atomic E-state index is -1.05. The summed E-state index contributed by atoms with van der Waals surface area (Å²) in [6.07, 6.45) is -0.274. The molecule has 0 spiro atoms. The minimum absolute atomic E-state index is 0.0808. The molecule has 1 aliphatic rings. The Morgan fingerprint density at radius 3 is 2.72 bits per heavy atom. The zero-order chi connectivity index (χ0) is 17.6. The van der Waals surface area contributed by atoms with Crippen molar-refractivity contribution in [3.8, 4) is 21.7 Å². The number of anilines is 1. The maximum absolute atomic E-state index is 13.1. The molecule has 1 aliphatic heterocycles. The molecule has 0 bridgehead atoms. The van der Waals surface area contributed by atoms with Gasteiger partial charge in [-0.15, -0.1) is 11.3 Å². The van der Waals surface area contributed by atoms with Crippen LogP contribution in [0.1, 0.15) is 5.56 Å². The zero-order valence-corrected chi connectivity index (χ0v) is 14.4. The van der Waals surface area contributed by atoms with Crippen molar-refractivity contribution in [1.29, 1.82) is 0 Å². The largest absolute Gasteiger partial charge is 0.465 e. The second-order valence-electron chi connectivity index (χ2n) is 5.98. The van der Waals surface area contributed by atoms with Crippen molar-refractivity contribution in [2.45, 2.75) is 13.0 Å². The highest BCUT2D eigenvalue weighted by atomic mass is 32.1. The first-order valence-electron chi connectivity index (χ1n) is 7.94. The Bertz CT molecular complexity index is 1020. The monoisotopic (exact) mass is 352 g/mol. The summed E-state index contributed by atoms with van der Waals surface area (Å²) in [6, 6.07) is 13.1. The van der Waals surface area contributed by atoms with Crippen LogP contribution in [0.5, 0.6) is 0 Å². The molecule has 3 heterocycles. The molecule has 0 radical (unpaired) electrons. The normalized spacial score (nSPS) is 12.4. The fourth-order valence-electron chi connectivity index (χ4n) is 3.26. The van der Waals surface area contributed by atoms with Gasteiger partial charge in [-0.2, -0.15) is 0 Å². The number of hydrogen-bond acceptors (Lipinski definition) is 3. The van der Waals surface area contributed by atoms with Crippen molar-refractivity contribution in [1.82, 2.24) is 4.57 Å². The van der Waals surface area contributed by atoms with Crippen LogP contribution in [0.25, 0.3) is 21.7 Å². The quantitative estimate of drug-likeness (QED) is 0.760. The third-order valence-corrected chi connectivity index (χ3v) is 5.53. The maximum atomic E-state index is 13.1. The second-order valence-corrected chi connectivity index (χ2v) is 6.90. The molecule has 0 aliphatic carbocycles. The Labute approximate surface area is 148 Å². The Morgan fingerprint density at radius 2 is 2.00 bits per heavy atom. The SMILES string of the molecule is CN(C(=O)O)c1cc(-c2ccccc2)c(=O)n2c1-c1sccc1CC2. The third kappa shape index (κ3) is 2.46. The average molecular weight is 352 g/mol. The zero-order valence-electron chi connectivity index (χ0n) is 13.6. The van der Waals surface area contributed by atoms with Crippen LogP contribution in [0.4, 0.5) is 10.5 Å². The molecular formula is C19H16N2O3S. The molecule has 0 saturated heterocycles. The average Bonchev–Trinajstić information content (AvgIpc) is 3.11. The number of fused-ring (bicyclic) bond motifs is 3. The Morgan fingerprint density at radius 1 is 1.24 bits per heavy atom. The summed E-state index contributed by atoms with van der Waals surface area (Å²) in [5.74, 6) is 0. The number of carboxylic acid groups (broad SMARTS) is 1. The van der Waals surface area contributed by atoms with Gasteiger partial charge in [-0.25, -0.2) is 4.79 Å². The second kappa shape index (κ2) is 5.89. The highest BCUT2D eigenvalue weighted by Crippen LogP contribution is 2.40. The number of thiophene rings is 1. The highest BCUT2D eigenvalue weighted by Gasteiger charge is 2.27. The first-order valence-corrected chi connectivity index (χ1v) is 8.82. The molecule has 0 saturated carbocycles. The fourth-order valence-corrected chi connectivity index (χ4v) is 4.28. The van der Waals surface area contributed by atoms with Gasteiger partial charge in [0.05, 0.1) is 16.3 Å². The minimum Gasteiger partial charge on any atom is -0.465 e. The fraction of sp³-hybridized carbons (Fsp3) is 0.158. The smallest absolute Gasteiger partial charge is 0.411 e. The van der Waals surface area contributed by atoms with Crippen LogP contribution < -0.4 is 10.5 Å². The van der Waals surface area contributed by atoms with Crippen molar-refractivity contribution in [2.24, 2.45) is 0 Å². The van der Waals surface area contributed by atoms with Crippen LogP contribution in [0.15, 0.2) is 52.6 Å². The van der Waals surface area contributed by atoms with Crippen LogP contribution in [0.2, 0.25) is 0 Å². The van der Waals surface area contributed by atoms with Crippen molar-refractivity contribution < 1.29 is 9.90 Å². The molecule has 0 unspecified atom stereocenters. The number of aromatic nitrogens is 1. The lowest BCUT2D eigenvalue weighted by atomic mass is 10.0. The molecule has 25 heavy (non-hydrogen) atoms. The Kier molecular flexibility index (Phi) is 3.69. The number of pyridine rings is 1. The van der Waals surface area contributed by atoms with E-state index in [4.69, 9.17) is 0 Å². The van der Waals surface area contributed by atoms with E-state index in [2.05, 4.69) is 0 Å². The summed E-state index contributed by atoms with van der Waals surface area (Å²) in [4.78, 5) is 26.9. The van der Waals surface area contributed by atoms with E-state index in [0.29, 0.717) is 23.5 Å². The molecule has 1 N–H and O–H groups in total. The molecule has 1 aromatic carbocycles. The molecule has 3 aromatic rings. The Hall–Kier alpha value is -2.86. The Balaban J connectivity index is 2.06. The van der Waals surface area contributed by atoms with Gasteiger partial charge in [0, 0.05) is 19.2 Å². The van der Waals surface area contributed by atoms with Gasteiger partial charge in [-0.1, -0.05) is 30.3 Å². The van der Waals surface area contributed by atoms with Crippen LogP contribution in [0.3, 0.4) is 0 Å². The number of aryl methyl sites for hydroxylation is 1. The molecule has 0 atom stereocenters. The van der Waals surface area contributed by atoms with Crippen molar-refractivity contribution >= 4 is 23.1 Å². The standard InChI is InChI=1S/C19H16N2O3S/c1-20(19(23)24)15-11-14(12-5-3-2-4-6-12)18(22)21-9-7-13-8-10-25-17(13)16(15)21/h2-6,8,10-11H,7,9H2,1H3,(H,23,24). The highest BCUT2D eigenvalue weighted by molar-refractivity contribution is 7.13. The van der Waals surface area contributed by atoms with Gasteiger partial charge in [-0.3, -0.25) is 9.69 Å². The summed E-state index contributed by atoms with van der Waals surface area (Å²) < 4.78 is 1.72. The lowest BCUT2D eigenvalue weighted by molar-refractivity contribution is 0.203. The molecule has 126 valence electrons. The summed E-state index contributed by atoms with van der Waals surface area (Å²) in [5.41, 5.74) is 3.63. The summed E-state index contributed by atoms with van der Waals surface area (Å²) >= 11 is 1.54. The summed E-state index contributed by atoms with van der Waals surface area (Å²) in [6.45, 7) is 0.555. The first-order chi connectivity index (χ1) is 12.1. The van der Waals surface area contributed by atoms with Crippen molar-refractivity contribution in [3.05, 3.63) is 63.8 Å². The molecule has 0 fully saturated rings. The molecular weight excluding hydrogens is 336 g/mol. The third-order valence-electron chi connectivity index (χ3n) is 4.57. The number of benzene rings is 1. The van der Waals surface area contributed by atoms with Crippen molar-refractivity contribution in [2.75, 3.05) is 11.9 Å². The van der Waals surface area contributed by atoms with Crippen LogP contribution in [-0.4, -0.2) is 22.8 Å². The molecule has 2 aromatic heterocycles. The predicted molar refractivity (Wildman–Crippen MR) is 99.6 cm³/mol. The predicted octanol–water partition coefficient (Wildman–Crippen LogP) is 3.91. The van der Waals surface area contributed by atoms with Gasteiger partial charge < -0.3 is 9.67 Å². The van der Waals surface area contributed by atoms with E-state index >= 15 is 0 Å². The van der Waals surface area contributed by atoms with E-state index in [1.165, 1.54) is 11.9 Å². The summed E-state index contributed by atoms with van der Waals surface area (Å²) in [5, 5.41) is 11.5.